The second kappa shape index (κ2) is 9.55. The molecule has 4 rings (SSSR count). The van der Waals surface area contributed by atoms with Crippen molar-refractivity contribution in [2.24, 2.45) is 0 Å². The van der Waals surface area contributed by atoms with Crippen LogP contribution >= 0.6 is 11.3 Å². The monoisotopic (exact) mass is 416 g/mol. The minimum Gasteiger partial charge on any atom is -0.494 e. The molecule has 0 aliphatic rings. The fraction of sp³-hybridized carbons (Fsp3) is 0.200. The molecule has 0 bridgehead atoms. The number of anilines is 1. The van der Waals surface area contributed by atoms with Gasteiger partial charge in [-0.25, -0.2) is 4.98 Å². The molecule has 1 amide bonds. The Morgan fingerprint density at radius 2 is 1.83 bits per heavy atom. The highest BCUT2D eigenvalue weighted by Gasteiger charge is 2.09. The number of aromatic nitrogens is 1. The summed E-state index contributed by atoms with van der Waals surface area (Å²) in [5.74, 6) is 0.798. The largest absolute Gasteiger partial charge is 0.494 e. The number of hydrogen-bond acceptors (Lipinski definition) is 4. The summed E-state index contributed by atoms with van der Waals surface area (Å²) >= 11 is 1.44. The predicted molar refractivity (Wildman–Crippen MR) is 124 cm³/mol. The van der Waals surface area contributed by atoms with E-state index in [-0.39, 0.29) is 5.91 Å². The van der Waals surface area contributed by atoms with Crippen molar-refractivity contribution in [2.45, 2.75) is 26.2 Å². The van der Waals surface area contributed by atoms with E-state index in [9.17, 15) is 4.79 Å². The molecule has 0 atom stereocenters. The van der Waals surface area contributed by atoms with Gasteiger partial charge in [0.15, 0.2) is 5.13 Å². The molecule has 0 spiro atoms. The number of hydrogen-bond donors (Lipinski definition) is 1. The number of benzene rings is 3. The highest BCUT2D eigenvalue weighted by atomic mass is 32.1. The van der Waals surface area contributed by atoms with E-state index in [4.69, 9.17) is 4.74 Å². The van der Waals surface area contributed by atoms with Gasteiger partial charge in [0.1, 0.15) is 5.75 Å². The Labute approximate surface area is 180 Å². The summed E-state index contributed by atoms with van der Waals surface area (Å²) in [7, 11) is 0. The molecule has 0 aliphatic heterocycles. The molecular formula is C25H24N2O2S. The number of carbonyl (C=O) groups excluding carboxylic acids is 1. The van der Waals surface area contributed by atoms with Gasteiger partial charge in [-0.1, -0.05) is 55.5 Å². The third kappa shape index (κ3) is 5.05. The second-order valence-corrected chi connectivity index (χ2v) is 7.96. The Hall–Kier alpha value is -3.18. The fourth-order valence-corrected chi connectivity index (χ4v) is 3.97. The van der Waals surface area contributed by atoms with Crippen LogP contribution in [0.25, 0.3) is 22.0 Å². The lowest BCUT2D eigenvalue weighted by Gasteiger charge is -2.06. The number of rotatable bonds is 8. The standard InChI is InChI=1S/C25H24N2O2S/c1-2-18-9-13-22(14-10-18)29-15-5-8-24(28)27-25-26-23(17-30-25)21-12-11-19-6-3-4-7-20(19)16-21/h3-4,6-7,9-14,16-17H,2,5,8,15H2,1H3,(H,26,27,28). The van der Waals surface area contributed by atoms with Gasteiger partial charge in [-0.15, -0.1) is 11.3 Å². The number of thiazole rings is 1. The number of amides is 1. The van der Waals surface area contributed by atoms with Crippen LogP contribution in [0.3, 0.4) is 0 Å². The van der Waals surface area contributed by atoms with Crippen molar-refractivity contribution >= 4 is 33.1 Å². The van der Waals surface area contributed by atoms with E-state index in [2.05, 4.69) is 59.7 Å². The molecule has 0 saturated carbocycles. The molecule has 5 heteroatoms. The first-order valence-corrected chi connectivity index (χ1v) is 11.1. The first kappa shape index (κ1) is 20.1. The molecule has 1 N–H and O–H groups in total. The molecule has 0 unspecified atom stereocenters. The Balaban J connectivity index is 1.27. The van der Waals surface area contributed by atoms with E-state index in [1.807, 2.05) is 29.6 Å². The Bertz CT molecular complexity index is 1140. The van der Waals surface area contributed by atoms with Crippen LogP contribution in [0.5, 0.6) is 5.75 Å². The van der Waals surface area contributed by atoms with Gasteiger partial charge in [-0.3, -0.25) is 4.79 Å². The fourth-order valence-electron chi connectivity index (χ4n) is 3.24. The summed E-state index contributed by atoms with van der Waals surface area (Å²) in [5.41, 5.74) is 3.21. The van der Waals surface area contributed by atoms with E-state index in [0.29, 0.717) is 24.6 Å². The van der Waals surface area contributed by atoms with Crippen molar-refractivity contribution in [3.05, 3.63) is 77.7 Å². The molecule has 0 fully saturated rings. The summed E-state index contributed by atoms with van der Waals surface area (Å²) in [6.45, 7) is 2.64. The van der Waals surface area contributed by atoms with Gasteiger partial charge in [0.2, 0.25) is 5.91 Å². The average Bonchev–Trinajstić information content (AvgIpc) is 3.25. The van der Waals surface area contributed by atoms with E-state index < -0.39 is 0 Å². The summed E-state index contributed by atoms with van der Waals surface area (Å²) in [4.78, 5) is 16.8. The maximum absolute atomic E-state index is 12.2. The normalized spacial score (nSPS) is 10.8. The van der Waals surface area contributed by atoms with Gasteiger partial charge in [0.25, 0.3) is 0 Å². The van der Waals surface area contributed by atoms with Gasteiger partial charge in [-0.05, 0) is 47.4 Å². The quantitative estimate of drug-likeness (QED) is 0.342. The minimum atomic E-state index is -0.0423. The van der Waals surface area contributed by atoms with Gasteiger partial charge < -0.3 is 10.1 Å². The maximum Gasteiger partial charge on any atom is 0.226 e. The molecule has 1 heterocycles. The number of nitrogens with one attached hydrogen (secondary N) is 1. The Kier molecular flexibility index (Phi) is 6.40. The smallest absolute Gasteiger partial charge is 0.226 e. The zero-order valence-corrected chi connectivity index (χ0v) is 17.7. The van der Waals surface area contributed by atoms with Gasteiger partial charge in [0, 0.05) is 17.4 Å². The zero-order valence-electron chi connectivity index (χ0n) is 16.9. The maximum atomic E-state index is 12.2. The molecule has 3 aromatic carbocycles. The van der Waals surface area contributed by atoms with Crippen molar-refractivity contribution < 1.29 is 9.53 Å². The van der Waals surface area contributed by atoms with Crippen molar-refractivity contribution in [3.8, 4) is 17.0 Å². The molecule has 4 nitrogen and oxygen atoms in total. The second-order valence-electron chi connectivity index (χ2n) is 7.10. The molecule has 152 valence electrons. The molecule has 0 saturated heterocycles. The summed E-state index contributed by atoms with van der Waals surface area (Å²) < 4.78 is 5.71. The third-order valence-corrected chi connectivity index (χ3v) is 5.70. The van der Waals surface area contributed by atoms with Crippen LogP contribution in [0, 0.1) is 0 Å². The topological polar surface area (TPSA) is 51.2 Å². The average molecular weight is 417 g/mol. The molecule has 1 aromatic heterocycles. The predicted octanol–water partition coefficient (Wildman–Crippen LogP) is 6.32. The third-order valence-electron chi connectivity index (χ3n) is 4.94. The van der Waals surface area contributed by atoms with E-state index in [1.54, 1.807) is 0 Å². The van der Waals surface area contributed by atoms with Gasteiger partial charge in [-0.2, -0.15) is 0 Å². The van der Waals surface area contributed by atoms with E-state index in [1.165, 1.54) is 27.7 Å². The number of aryl methyl sites for hydroxylation is 1. The summed E-state index contributed by atoms with van der Waals surface area (Å²) in [5, 5.41) is 7.88. The van der Waals surface area contributed by atoms with Crippen LogP contribution in [-0.4, -0.2) is 17.5 Å². The lowest BCUT2D eigenvalue weighted by Crippen LogP contribution is -2.12. The first-order chi connectivity index (χ1) is 14.7. The highest BCUT2D eigenvalue weighted by Crippen LogP contribution is 2.27. The lowest BCUT2D eigenvalue weighted by atomic mass is 10.1. The van der Waals surface area contributed by atoms with Crippen molar-refractivity contribution in [2.75, 3.05) is 11.9 Å². The van der Waals surface area contributed by atoms with Crippen LogP contribution in [-0.2, 0) is 11.2 Å². The summed E-state index contributed by atoms with van der Waals surface area (Å²) in [6, 6.07) is 22.6. The van der Waals surface area contributed by atoms with Gasteiger partial charge in [0.05, 0.1) is 12.3 Å². The molecule has 0 radical (unpaired) electrons. The van der Waals surface area contributed by atoms with Crippen LogP contribution in [0.1, 0.15) is 25.3 Å². The highest BCUT2D eigenvalue weighted by molar-refractivity contribution is 7.14. The zero-order chi connectivity index (χ0) is 20.8. The van der Waals surface area contributed by atoms with Crippen LogP contribution in [0.4, 0.5) is 5.13 Å². The number of fused-ring (bicyclic) bond motifs is 1. The number of nitrogens with zero attached hydrogens (tertiary/aromatic N) is 1. The minimum absolute atomic E-state index is 0.0423. The SMILES string of the molecule is CCc1ccc(OCCCC(=O)Nc2nc(-c3ccc4ccccc4c3)cs2)cc1. The molecule has 0 aliphatic carbocycles. The van der Waals surface area contributed by atoms with Crippen LogP contribution in [0.2, 0.25) is 0 Å². The van der Waals surface area contributed by atoms with E-state index in [0.717, 1.165) is 23.4 Å². The molecular weight excluding hydrogens is 392 g/mol. The number of ether oxygens (including phenoxy) is 1. The lowest BCUT2D eigenvalue weighted by molar-refractivity contribution is -0.116. The molecule has 30 heavy (non-hydrogen) atoms. The van der Waals surface area contributed by atoms with Crippen molar-refractivity contribution in [1.82, 2.24) is 4.98 Å². The molecule has 4 aromatic rings. The summed E-state index contributed by atoms with van der Waals surface area (Å²) in [6.07, 6.45) is 2.07. The van der Waals surface area contributed by atoms with E-state index >= 15 is 0 Å². The Morgan fingerprint density at radius 3 is 2.63 bits per heavy atom. The first-order valence-electron chi connectivity index (χ1n) is 10.2. The van der Waals surface area contributed by atoms with Gasteiger partial charge >= 0.3 is 0 Å². The van der Waals surface area contributed by atoms with Crippen LogP contribution < -0.4 is 10.1 Å². The van der Waals surface area contributed by atoms with Crippen LogP contribution in [0.15, 0.2) is 72.1 Å². The van der Waals surface area contributed by atoms with Crippen molar-refractivity contribution in [1.29, 1.82) is 0 Å². The Morgan fingerprint density at radius 1 is 1.03 bits per heavy atom. The van der Waals surface area contributed by atoms with Crippen molar-refractivity contribution in [3.63, 3.8) is 0 Å². The number of carbonyl (C=O) groups is 1.